The summed E-state index contributed by atoms with van der Waals surface area (Å²) in [5.74, 6) is -2.22. The summed E-state index contributed by atoms with van der Waals surface area (Å²) in [6.45, 7) is 4.10. The number of hydrogen-bond acceptors (Lipinski definition) is 2. The number of para-hydroxylation sites is 1. The molecular weight excluding hydrogens is 278 g/mol. The van der Waals surface area contributed by atoms with Crippen LogP contribution in [0.1, 0.15) is 37.8 Å². The Bertz CT molecular complexity index is 570. The molecule has 0 aromatic heterocycles. The smallest absolute Gasteiger partial charge is 0.307 e. The zero-order chi connectivity index (χ0) is 16.1. The second kappa shape index (κ2) is 7.25. The Labute approximate surface area is 131 Å². The van der Waals surface area contributed by atoms with Crippen molar-refractivity contribution in [2.75, 3.05) is 5.32 Å². The molecule has 1 amide bonds. The van der Waals surface area contributed by atoms with Crippen LogP contribution in [0.25, 0.3) is 0 Å². The number of carboxylic acids is 1. The molecule has 118 valence electrons. The number of anilines is 1. The van der Waals surface area contributed by atoms with Crippen molar-refractivity contribution in [2.45, 2.75) is 39.5 Å². The average Bonchev–Trinajstić information content (AvgIpc) is 2.54. The van der Waals surface area contributed by atoms with Gasteiger partial charge in [0.25, 0.3) is 0 Å². The lowest BCUT2D eigenvalue weighted by atomic mass is 9.82. The lowest BCUT2D eigenvalue weighted by molar-refractivity contribution is -0.146. The van der Waals surface area contributed by atoms with E-state index in [9.17, 15) is 14.7 Å². The lowest BCUT2D eigenvalue weighted by Crippen LogP contribution is -2.35. The van der Waals surface area contributed by atoms with Gasteiger partial charge in [-0.25, -0.2) is 0 Å². The third-order valence-electron chi connectivity index (χ3n) is 4.33. The van der Waals surface area contributed by atoms with Gasteiger partial charge >= 0.3 is 5.97 Å². The number of amides is 1. The van der Waals surface area contributed by atoms with Crippen LogP contribution in [-0.4, -0.2) is 17.0 Å². The summed E-state index contributed by atoms with van der Waals surface area (Å²) in [6, 6.07) is 6.01. The van der Waals surface area contributed by atoms with E-state index in [2.05, 4.69) is 5.32 Å². The number of carboxylic acid groups (broad SMARTS) is 1. The Hall–Kier alpha value is -2.10. The first-order valence-corrected chi connectivity index (χ1v) is 7.87. The summed E-state index contributed by atoms with van der Waals surface area (Å²) in [5, 5.41) is 12.3. The number of rotatable bonds is 5. The van der Waals surface area contributed by atoms with E-state index < -0.39 is 17.8 Å². The van der Waals surface area contributed by atoms with Crippen molar-refractivity contribution in [1.29, 1.82) is 0 Å². The van der Waals surface area contributed by atoms with E-state index in [1.165, 1.54) is 0 Å². The highest BCUT2D eigenvalue weighted by atomic mass is 16.4. The largest absolute Gasteiger partial charge is 0.481 e. The molecule has 2 N–H and O–H groups in total. The molecule has 0 saturated carbocycles. The van der Waals surface area contributed by atoms with Crippen molar-refractivity contribution >= 4 is 17.6 Å². The molecule has 0 heterocycles. The maximum Gasteiger partial charge on any atom is 0.307 e. The van der Waals surface area contributed by atoms with E-state index in [4.69, 9.17) is 0 Å². The lowest BCUT2D eigenvalue weighted by Gasteiger charge is -2.25. The summed E-state index contributed by atoms with van der Waals surface area (Å²) in [5.41, 5.74) is 3.04. The molecule has 4 nitrogen and oxygen atoms in total. The van der Waals surface area contributed by atoms with E-state index >= 15 is 0 Å². The standard InChI is InChI=1S/C18H23NO3/c1-3-12-8-7-9-13(4-2)16(12)19-17(20)14-10-5-6-11-15(14)18(21)22/h5-9,14-15H,3-4,10-11H2,1-2H3,(H,19,20)(H,21,22)/t14-,15-/m0/s1. The van der Waals surface area contributed by atoms with Gasteiger partial charge in [-0.2, -0.15) is 0 Å². The Kier molecular flexibility index (Phi) is 5.36. The van der Waals surface area contributed by atoms with Crippen LogP contribution in [0.4, 0.5) is 5.69 Å². The van der Waals surface area contributed by atoms with E-state index in [0.717, 1.165) is 29.7 Å². The number of aryl methyl sites for hydroxylation is 2. The fourth-order valence-electron chi connectivity index (χ4n) is 3.00. The van der Waals surface area contributed by atoms with Gasteiger partial charge in [-0.1, -0.05) is 44.2 Å². The van der Waals surface area contributed by atoms with Crippen LogP contribution in [0.2, 0.25) is 0 Å². The molecule has 22 heavy (non-hydrogen) atoms. The molecule has 4 heteroatoms. The molecule has 0 unspecified atom stereocenters. The number of allylic oxidation sites excluding steroid dienone is 2. The highest BCUT2D eigenvalue weighted by Crippen LogP contribution is 2.29. The van der Waals surface area contributed by atoms with Crippen molar-refractivity contribution in [3.8, 4) is 0 Å². The summed E-state index contributed by atoms with van der Waals surface area (Å²) >= 11 is 0. The fourth-order valence-corrected chi connectivity index (χ4v) is 3.00. The first kappa shape index (κ1) is 16.3. The average molecular weight is 301 g/mol. The minimum atomic E-state index is -0.899. The summed E-state index contributed by atoms with van der Waals surface area (Å²) in [6.07, 6.45) is 6.31. The van der Waals surface area contributed by atoms with Crippen molar-refractivity contribution < 1.29 is 14.7 Å². The first-order valence-electron chi connectivity index (χ1n) is 7.87. The normalized spacial score (nSPS) is 20.6. The quantitative estimate of drug-likeness (QED) is 0.819. The van der Waals surface area contributed by atoms with Gasteiger partial charge in [-0.15, -0.1) is 0 Å². The minimum absolute atomic E-state index is 0.188. The molecule has 0 spiro atoms. The van der Waals surface area contributed by atoms with E-state index in [1.54, 1.807) is 0 Å². The topological polar surface area (TPSA) is 66.4 Å². The van der Waals surface area contributed by atoms with Crippen LogP contribution in [-0.2, 0) is 22.4 Å². The third kappa shape index (κ3) is 3.38. The molecule has 0 fully saturated rings. The maximum atomic E-state index is 12.6. The molecule has 0 saturated heterocycles. The highest BCUT2D eigenvalue weighted by molar-refractivity contribution is 5.96. The number of aliphatic carboxylic acids is 1. The van der Waals surface area contributed by atoms with Crippen molar-refractivity contribution in [3.05, 3.63) is 41.5 Å². The number of benzene rings is 1. The van der Waals surface area contributed by atoms with Gasteiger partial charge in [0.15, 0.2) is 0 Å². The number of carbonyl (C=O) groups excluding carboxylic acids is 1. The summed E-state index contributed by atoms with van der Waals surface area (Å²) < 4.78 is 0. The Morgan fingerprint density at radius 1 is 1.09 bits per heavy atom. The molecule has 0 radical (unpaired) electrons. The number of nitrogens with one attached hydrogen (secondary N) is 1. The molecule has 2 rings (SSSR count). The second-order valence-corrected chi connectivity index (χ2v) is 5.64. The van der Waals surface area contributed by atoms with Crippen molar-refractivity contribution in [2.24, 2.45) is 11.8 Å². The van der Waals surface area contributed by atoms with Gasteiger partial charge in [-0.05, 0) is 36.8 Å². The van der Waals surface area contributed by atoms with Gasteiger partial charge < -0.3 is 10.4 Å². The molecular formula is C18H23NO3. The van der Waals surface area contributed by atoms with Crippen LogP contribution in [0.5, 0.6) is 0 Å². The molecule has 1 aliphatic carbocycles. The fraction of sp³-hybridized carbons (Fsp3) is 0.444. The van der Waals surface area contributed by atoms with Gasteiger partial charge in [-0.3, -0.25) is 9.59 Å². The zero-order valence-corrected chi connectivity index (χ0v) is 13.1. The molecule has 1 aromatic carbocycles. The van der Waals surface area contributed by atoms with Crippen LogP contribution in [0.15, 0.2) is 30.4 Å². The molecule has 1 aliphatic rings. The molecule has 1 aromatic rings. The molecule has 0 aliphatic heterocycles. The van der Waals surface area contributed by atoms with Crippen LogP contribution in [0, 0.1) is 11.8 Å². The predicted molar refractivity (Wildman–Crippen MR) is 86.8 cm³/mol. The Morgan fingerprint density at radius 3 is 2.14 bits per heavy atom. The van der Waals surface area contributed by atoms with Gasteiger partial charge in [0.05, 0.1) is 11.8 Å². The van der Waals surface area contributed by atoms with Crippen LogP contribution < -0.4 is 5.32 Å². The zero-order valence-electron chi connectivity index (χ0n) is 13.1. The SMILES string of the molecule is CCc1cccc(CC)c1NC(=O)[C@H]1CC=CC[C@@H]1C(=O)O. The van der Waals surface area contributed by atoms with Gasteiger partial charge in [0.2, 0.25) is 5.91 Å². The monoisotopic (exact) mass is 301 g/mol. The van der Waals surface area contributed by atoms with E-state index in [-0.39, 0.29) is 5.91 Å². The summed E-state index contributed by atoms with van der Waals surface area (Å²) in [7, 11) is 0. The van der Waals surface area contributed by atoms with Gasteiger partial charge in [0, 0.05) is 5.69 Å². The minimum Gasteiger partial charge on any atom is -0.481 e. The van der Waals surface area contributed by atoms with Crippen LogP contribution >= 0.6 is 0 Å². The van der Waals surface area contributed by atoms with Crippen molar-refractivity contribution in [3.63, 3.8) is 0 Å². The van der Waals surface area contributed by atoms with E-state index in [1.807, 2.05) is 44.2 Å². The number of hydrogen-bond donors (Lipinski definition) is 2. The second-order valence-electron chi connectivity index (χ2n) is 5.64. The first-order chi connectivity index (χ1) is 10.6. The number of carbonyl (C=O) groups is 2. The van der Waals surface area contributed by atoms with Crippen molar-refractivity contribution in [1.82, 2.24) is 0 Å². The highest BCUT2D eigenvalue weighted by Gasteiger charge is 2.34. The Morgan fingerprint density at radius 2 is 1.64 bits per heavy atom. The molecule has 2 atom stereocenters. The van der Waals surface area contributed by atoms with E-state index in [0.29, 0.717) is 12.8 Å². The predicted octanol–water partition coefficient (Wildman–Crippen LogP) is 3.42. The summed E-state index contributed by atoms with van der Waals surface area (Å²) in [4.78, 5) is 24.0. The van der Waals surface area contributed by atoms with Crippen LogP contribution in [0.3, 0.4) is 0 Å². The maximum absolute atomic E-state index is 12.6. The van der Waals surface area contributed by atoms with Gasteiger partial charge in [0.1, 0.15) is 0 Å². The third-order valence-corrected chi connectivity index (χ3v) is 4.33. The Balaban J connectivity index is 2.25. The molecule has 0 bridgehead atoms.